The van der Waals surface area contributed by atoms with Gasteiger partial charge in [0.1, 0.15) is 6.04 Å². The first-order valence-corrected chi connectivity index (χ1v) is 9.50. The summed E-state index contributed by atoms with van der Waals surface area (Å²) < 4.78 is 3.56. The molecular weight excluding hydrogens is 426 g/mol. The van der Waals surface area contributed by atoms with E-state index < -0.39 is 12.0 Å². The third-order valence-corrected chi connectivity index (χ3v) is 4.95. The van der Waals surface area contributed by atoms with Gasteiger partial charge < -0.3 is 10.0 Å². The molecule has 0 radical (unpaired) electrons. The second-order valence-corrected chi connectivity index (χ2v) is 6.99. The van der Waals surface area contributed by atoms with Gasteiger partial charge in [0.15, 0.2) is 0 Å². The zero-order valence-electron chi connectivity index (χ0n) is 15.5. The molecule has 0 amide bonds. The van der Waals surface area contributed by atoms with Crippen molar-refractivity contribution in [1.29, 1.82) is 0 Å². The number of rotatable bonds is 6. The average molecular weight is 442 g/mol. The van der Waals surface area contributed by atoms with Crippen LogP contribution < -0.4 is 4.90 Å². The lowest BCUT2D eigenvalue weighted by Crippen LogP contribution is -2.35. The van der Waals surface area contributed by atoms with E-state index in [-0.39, 0.29) is 9.54 Å². The maximum Gasteiger partial charge on any atom is 0.326 e. The standard InChI is InChI=1S/C17H15N9O2S2/c1-10(15(27)28)24(11-4-2-6-13(8-11)25-16(29)18-20-22-25)12-5-3-7-14(9-12)26-17(30)19-21-23-26/h2-10H,1H3,(H,27,28)(H,18,22,29)(H,19,23,30). The SMILES string of the molecule is CC(C(=O)O)N(c1cccc(-n2[nH]nnc2=S)c1)c1cccc(-n2[nH]nnc2=S)c1. The minimum Gasteiger partial charge on any atom is -0.480 e. The fourth-order valence-electron chi connectivity index (χ4n) is 3.00. The molecule has 11 nitrogen and oxygen atoms in total. The Balaban J connectivity index is 1.84. The monoisotopic (exact) mass is 441 g/mol. The number of tetrazole rings is 2. The van der Waals surface area contributed by atoms with E-state index >= 15 is 0 Å². The van der Waals surface area contributed by atoms with Crippen molar-refractivity contribution in [1.82, 2.24) is 40.4 Å². The van der Waals surface area contributed by atoms with E-state index in [1.165, 1.54) is 9.36 Å². The third kappa shape index (κ3) is 3.62. The molecule has 4 aromatic rings. The van der Waals surface area contributed by atoms with Gasteiger partial charge in [0.05, 0.1) is 11.4 Å². The zero-order valence-corrected chi connectivity index (χ0v) is 17.1. The summed E-state index contributed by atoms with van der Waals surface area (Å²) in [7, 11) is 0. The third-order valence-electron chi connectivity index (χ3n) is 4.42. The van der Waals surface area contributed by atoms with Crippen molar-refractivity contribution in [2.45, 2.75) is 13.0 Å². The van der Waals surface area contributed by atoms with Crippen LogP contribution >= 0.6 is 24.4 Å². The number of carboxylic acid groups (broad SMARTS) is 1. The molecule has 4 rings (SSSR count). The number of hydrogen-bond donors (Lipinski definition) is 3. The molecule has 1 unspecified atom stereocenters. The largest absolute Gasteiger partial charge is 0.480 e. The quantitative estimate of drug-likeness (QED) is 0.386. The van der Waals surface area contributed by atoms with E-state index in [0.29, 0.717) is 22.7 Å². The van der Waals surface area contributed by atoms with E-state index in [1.807, 2.05) is 24.3 Å². The van der Waals surface area contributed by atoms with Gasteiger partial charge in [-0.2, -0.15) is 10.4 Å². The molecule has 3 N–H and O–H groups in total. The molecule has 0 aliphatic heterocycles. The normalized spacial score (nSPS) is 11.9. The number of aromatic nitrogens is 8. The molecule has 0 aliphatic carbocycles. The number of hydrogen-bond acceptors (Lipinski definition) is 8. The molecule has 152 valence electrons. The van der Waals surface area contributed by atoms with Gasteiger partial charge in [-0.1, -0.05) is 32.8 Å². The van der Waals surface area contributed by atoms with Crippen LogP contribution in [0.5, 0.6) is 0 Å². The van der Waals surface area contributed by atoms with Gasteiger partial charge in [0.25, 0.3) is 0 Å². The lowest BCUT2D eigenvalue weighted by molar-refractivity contribution is -0.138. The summed E-state index contributed by atoms with van der Waals surface area (Å²) >= 11 is 10.3. The molecule has 13 heteroatoms. The molecule has 2 aromatic heterocycles. The maximum atomic E-state index is 11.9. The lowest BCUT2D eigenvalue weighted by atomic mass is 10.1. The Bertz CT molecular complexity index is 1230. The number of aliphatic carboxylic acids is 1. The molecular formula is C17H15N9O2S2. The fourth-order valence-corrected chi connectivity index (χ4v) is 3.38. The molecule has 0 spiro atoms. The fraction of sp³-hybridized carbons (Fsp3) is 0.118. The van der Waals surface area contributed by atoms with E-state index in [4.69, 9.17) is 24.4 Å². The van der Waals surface area contributed by atoms with Crippen molar-refractivity contribution in [3.8, 4) is 11.4 Å². The predicted molar refractivity (Wildman–Crippen MR) is 112 cm³/mol. The van der Waals surface area contributed by atoms with Crippen molar-refractivity contribution in [3.05, 3.63) is 58.1 Å². The van der Waals surface area contributed by atoms with Gasteiger partial charge in [-0.25, -0.2) is 14.2 Å². The average Bonchev–Trinajstić information content (AvgIpc) is 3.36. The van der Waals surface area contributed by atoms with Gasteiger partial charge in [0, 0.05) is 11.4 Å². The summed E-state index contributed by atoms with van der Waals surface area (Å²) in [5.41, 5.74) is 2.62. The Morgan fingerprint density at radius 1 is 0.967 bits per heavy atom. The molecule has 0 fully saturated rings. The van der Waals surface area contributed by atoms with Crippen LogP contribution in [-0.4, -0.2) is 57.5 Å². The molecule has 2 aromatic carbocycles. The van der Waals surface area contributed by atoms with Crippen LogP contribution in [-0.2, 0) is 4.79 Å². The first-order valence-electron chi connectivity index (χ1n) is 8.69. The van der Waals surface area contributed by atoms with E-state index in [0.717, 1.165) is 0 Å². The number of nitrogens with one attached hydrogen (secondary N) is 2. The predicted octanol–water partition coefficient (Wildman–Crippen LogP) is 2.57. The Morgan fingerprint density at radius 2 is 1.43 bits per heavy atom. The second-order valence-electron chi connectivity index (χ2n) is 6.26. The van der Waals surface area contributed by atoms with Crippen LogP contribution in [0.15, 0.2) is 48.5 Å². The number of benzene rings is 2. The maximum absolute atomic E-state index is 11.9. The van der Waals surface area contributed by atoms with Crippen molar-refractivity contribution < 1.29 is 9.90 Å². The van der Waals surface area contributed by atoms with Crippen molar-refractivity contribution in [2.75, 3.05) is 4.90 Å². The van der Waals surface area contributed by atoms with Gasteiger partial charge >= 0.3 is 5.97 Å². The highest BCUT2D eigenvalue weighted by molar-refractivity contribution is 7.71. The Kier molecular flexibility index (Phi) is 5.20. The lowest BCUT2D eigenvalue weighted by Gasteiger charge is -2.29. The molecule has 0 aliphatic rings. The second kappa shape index (κ2) is 7.96. The molecule has 0 saturated carbocycles. The topological polar surface area (TPSA) is 134 Å². The van der Waals surface area contributed by atoms with Gasteiger partial charge in [0.2, 0.25) is 9.54 Å². The van der Waals surface area contributed by atoms with Crippen LogP contribution in [0.4, 0.5) is 11.4 Å². The molecule has 1 atom stereocenters. The van der Waals surface area contributed by atoms with Crippen LogP contribution in [0.2, 0.25) is 0 Å². The van der Waals surface area contributed by atoms with Crippen molar-refractivity contribution >= 4 is 41.8 Å². The first kappa shape index (κ1) is 19.6. The summed E-state index contributed by atoms with van der Waals surface area (Å²) in [6.45, 7) is 1.61. The number of carboxylic acids is 1. The van der Waals surface area contributed by atoms with Crippen LogP contribution in [0, 0.1) is 9.54 Å². The highest BCUT2D eigenvalue weighted by Crippen LogP contribution is 2.31. The number of H-pyrrole nitrogens is 2. The number of nitrogens with zero attached hydrogens (tertiary/aromatic N) is 7. The van der Waals surface area contributed by atoms with Crippen LogP contribution in [0.1, 0.15) is 6.92 Å². The van der Waals surface area contributed by atoms with Crippen molar-refractivity contribution in [3.63, 3.8) is 0 Å². The highest BCUT2D eigenvalue weighted by atomic mass is 32.1. The summed E-state index contributed by atoms with van der Waals surface area (Å²) in [5, 5.41) is 30.1. The smallest absolute Gasteiger partial charge is 0.326 e. The Hall–Kier alpha value is -3.71. The zero-order chi connectivity index (χ0) is 21.3. The van der Waals surface area contributed by atoms with Gasteiger partial charge in [-0.15, -0.1) is 0 Å². The highest BCUT2D eigenvalue weighted by Gasteiger charge is 2.24. The van der Waals surface area contributed by atoms with Gasteiger partial charge in [-0.05, 0) is 67.8 Å². The molecule has 0 bridgehead atoms. The number of carbonyl (C=O) groups is 1. The van der Waals surface area contributed by atoms with Crippen molar-refractivity contribution in [2.24, 2.45) is 0 Å². The number of anilines is 2. The molecule has 0 saturated heterocycles. The van der Waals surface area contributed by atoms with E-state index in [9.17, 15) is 9.90 Å². The summed E-state index contributed by atoms with van der Waals surface area (Å²) in [5.74, 6) is -0.981. The minimum absolute atomic E-state index is 0.258. The summed E-state index contributed by atoms with van der Waals surface area (Å²) in [6, 6.07) is 13.6. The molecule has 2 heterocycles. The molecule has 30 heavy (non-hydrogen) atoms. The van der Waals surface area contributed by atoms with E-state index in [2.05, 4.69) is 31.1 Å². The summed E-state index contributed by atoms with van der Waals surface area (Å²) in [4.78, 5) is 13.6. The Morgan fingerprint density at radius 3 is 1.80 bits per heavy atom. The first-order chi connectivity index (χ1) is 14.5. The Labute approximate surface area is 179 Å². The van der Waals surface area contributed by atoms with E-state index in [1.54, 1.807) is 36.1 Å². The van der Waals surface area contributed by atoms with Crippen LogP contribution in [0.25, 0.3) is 11.4 Å². The van der Waals surface area contributed by atoms with Gasteiger partial charge in [-0.3, -0.25) is 0 Å². The summed E-state index contributed by atoms with van der Waals surface area (Å²) in [6.07, 6.45) is 0. The minimum atomic E-state index is -0.981. The van der Waals surface area contributed by atoms with Crippen LogP contribution in [0.3, 0.4) is 0 Å². The number of aromatic amines is 2.